The van der Waals surface area contributed by atoms with Crippen LogP contribution in [0.2, 0.25) is 0 Å². The molecule has 24 heavy (non-hydrogen) atoms. The van der Waals surface area contributed by atoms with Crippen molar-refractivity contribution in [2.75, 3.05) is 0 Å². The Labute approximate surface area is 146 Å². The van der Waals surface area contributed by atoms with Crippen LogP contribution >= 0.6 is 0 Å². The van der Waals surface area contributed by atoms with Gasteiger partial charge in [-0.05, 0) is 65.9 Å². The zero-order valence-electron chi connectivity index (χ0n) is 15.9. The lowest BCUT2D eigenvalue weighted by Crippen LogP contribution is -2.41. The molecule has 0 radical (unpaired) electrons. The SMILES string of the molecule is CC(C)(C)OC(=O)CCc1ccccc1B1OC(C)(C)C(C)(C)O1. The molecule has 132 valence electrons. The third kappa shape index (κ3) is 4.39. The Morgan fingerprint density at radius 3 is 2.17 bits per heavy atom. The lowest BCUT2D eigenvalue weighted by atomic mass is 9.75. The minimum absolute atomic E-state index is 0.189. The van der Waals surface area contributed by atoms with Gasteiger partial charge in [-0.15, -0.1) is 0 Å². The van der Waals surface area contributed by atoms with Gasteiger partial charge in [-0.3, -0.25) is 4.79 Å². The largest absolute Gasteiger partial charge is 0.495 e. The summed E-state index contributed by atoms with van der Waals surface area (Å²) in [6.45, 7) is 13.8. The summed E-state index contributed by atoms with van der Waals surface area (Å²) in [6.07, 6.45) is 0.947. The van der Waals surface area contributed by atoms with Crippen molar-refractivity contribution in [2.24, 2.45) is 0 Å². The summed E-state index contributed by atoms with van der Waals surface area (Å²) >= 11 is 0. The van der Waals surface area contributed by atoms with Gasteiger partial charge in [0.25, 0.3) is 0 Å². The number of aryl methyl sites for hydroxylation is 1. The van der Waals surface area contributed by atoms with Crippen LogP contribution in [0.25, 0.3) is 0 Å². The highest BCUT2D eigenvalue weighted by Gasteiger charge is 2.52. The molecule has 1 aromatic rings. The minimum Gasteiger partial charge on any atom is -0.460 e. The van der Waals surface area contributed by atoms with Gasteiger partial charge in [0.2, 0.25) is 0 Å². The van der Waals surface area contributed by atoms with E-state index in [0.29, 0.717) is 12.8 Å². The number of ether oxygens (including phenoxy) is 1. The van der Waals surface area contributed by atoms with Gasteiger partial charge < -0.3 is 14.0 Å². The van der Waals surface area contributed by atoms with Crippen LogP contribution in [0.1, 0.15) is 60.5 Å². The van der Waals surface area contributed by atoms with Crippen molar-refractivity contribution in [1.29, 1.82) is 0 Å². The first-order valence-electron chi connectivity index (χ1n) is 8.57. The summed E-state index contributed by atoms with van der Waals surface area (Å²) < 4.78 is 17.7. The quantitative estimate of drug-likeness (QED) is 0.627. The van der Waals surface area contributed by atoms with Gasteiger partial charge >= 0.3 is 13.1 Å². The first-order chi connectivity index (χ1) is 10.9. The lowest BCUT2D eigenvalue weighted by molar-refractivity contribution is -0.154. The molecule has 1 aliphatic heterocycles. The predicted molar refractivity (Wildman–Crippen MR) is 96.3 cm³/mol. The Morgan fingerprint density at radius 1 is 1.08 bits per heavy atom. The molecule has 0 saturated carbocycles. The van der Waals surface area contributed by atoms with Crippen LogP contribution in [0.5, 0.6) is 0 Å². The van der Waals surface area contributed by atoms with Crippen LogP contribution in [0.15, 0.2) is 24.3 Å². The molecular weight excluding hydrogens is 303 g/mol. The van der Waals surface area contributed by atoms with Gasteiger partial charge in [-0.1, -0.05) is 24.3 Å². The molecule has 5 heteroatoms. The second-order valence-corrected chi connectivity index (χ2v) is 8.37. The van der Waals surface area contributed by atoms with Crippen molar-refractivity contribution < 1.29 is 18.8 Å². The van der Waals surface area contributed by atoms with Gasteiger partial charge in [0.05, 0.1) is 11.2 Å². The van der Waals surface area contributed by atoms with Gasteiger partial charge in [0.1, 0.15) is 5.60 Å². The summed E-state index contributed by atoms with van der Waals surface area (Å²) in [6, 6.07) is 7.97. The second-order valence-electron chi connectivity index (χ2n) is 8.37. The molecule has 1 heterocycles. The van der Waals surface area contributed by atoms with Gasteiger partial charge in [-0.2, -0.15) is 0 Å². The van der Waals surface area contributed by atoms with E-state index < -0.39 is 12.7 Å². The van der Waals surface area contributed by atoms with E-state index in [2.05, 4.69) is 0 Å². The average Bonchev–Trinajstić information content (AvgIpc) is 2.63. The maximum atomic E-state index is 12.0. The lowest BCUT2D eigenvalue weighted by Gasteiger charge is -2.32. The van der Waals surface area contributed by atoms with Gasteiger partial charge in [-0.25, -0.2) is 0 Å². The van der Waals surface area contributed by atoms with E-state index in [1.54, 1.807) is 0 Å². The summed E-state index contributed by atoms with van der Waals surface area (Å²) in [4.78, 5) is 12.0. The van der Waals surface area contributed by atoms with Crippen LogP contribution in [0, 0.1) is 0 Å². The van der Waals surface area contributed by atoms with Crippen molar-refractivity contribution in [1.82, 2.24) is 0 Å². The third-order valence-corrected chi connectivity index (χ3v) is 4.58. The Bertz CT molecular complexity index is 586. The second kappa shape index (κ2) is 6.53. The summed E-state index contributed by atoms with van der Waals surface area (Å²) in [7, 11) is -0.412. The number of carbonyl (C=O) groups is 1. The highest BCUT2D eigenvalue weighted by molar-refractivity contribution is 6.62. The number of rotatable bonds is 4. The molecule has 4 nitrogen and oxygen atoms in total. The summed E-state index contributed by atoms with van der Waals surface area (Å²) in [5.41, 5.74) is 0.829. The van der Waals surface area contributed by atoms with E-state index in [9.17, 15) is 4.79 Å². The number of carbonyl (C=O) groups excluding carboxylic acids is 1. The Balaban J connectivity index is 2.10. The molecule has 0 aliphatic carbocycles. The van der Waals surface area contributed by atoms with Crippen LogP contribution in [0.3, 0.4) is 0 Å². The first-order valence-corrected chi connectivity index (χ1v) is 8.57. The monoisotopic (exact) mass is 332 g/mol. The average molecular weight is 332 g/mol. The van der Waals surface area contributed by atoms with Crippen molar-refractivity contribution in [3.05, 3.63) is 29.8 Å². The van der Waals surface area contributed by atoms with Crippen LogP contribution in [0.4, 0.5) is 0 Å². The summed E-state index contributed by atoms with van der Waals surface area (Å²) in [5, 5.41) is 0. The molecule has 0 amide bonds. The number of benzene rings is 1. The van der Waals surface area contributed by atoms with E-state index >= 15 is 0 Å². The molecule has 1 aliphatic rings. The smallest absolute Gasteiger partial charge is 0.460 e. The van der Waals surface area contributed by atoms with Crippen molar-refractivity contribution in [2.45, 2.75) is 78.1 Å². The van der Waals surface area contributed by atoms with E-state index in [1.807, 2.05) is 72.7 Å². The molecule has 0 unspecified atom stereocenters. The predicted octanol–water partition coefficient (Wildman–Crippen LogP) is 3.26. The van der Waals surface area contributed by atoms with E-state index in [4.69, 9.17) is 14.0 Å². The Hall–Kier alpha value is -1.33. The third-order valence-electron chi connectivity index (χ3n) is 4.58. The number of hydrogen-bond acceptors (Lipinski definition) is 4. The zero-order valence-corrected chi connectivity index (χ0v) is 15.9. The topological polar surface area (TPSA) is 44.8 Å². The van der Waals surface area contributed by atoms with Crippen molar-refractivity contribution >= 4 is 18.6 Å². The van der Waals surface area contributed by atoms with Crippen LogP contribution in [-0.2, 0) is 25.3 Å². The first kappa shape index (κ1) is 19.0. The fraction of sp³-hybridized carbons (Fsp3) is 0.632. The molecule has 0 aromatic heterocycles. The van der Waals surface area contributed by atoms with Crippen LogP contribution < -0.4 is 5.46 Å². The Kier molecular flexibility index (Phi) is 5.17. The van der Waals surface area contributed by atoms with Crippen molar-refractivity contribution in [3.8, 4) is 0 Å². The molecule has 0 spiro atoms. The van der Waals surface area contributed by atoms with Crippen LogP contribution in [-0.4, -0.2) is 29.9 Å². The molecule has 0 N–H and O–H groups in total. The Morgan fingerprint density at radius 2 is 1.62 bits per heavy atom. The molecule has 0 atom stereocenters. The highest BCUT2D eigenvalue weighted by Crippen LogP contribution is 2.36. The van der Waals surface area contributed by atoms with E-state index in [-0.39, 0.29) is 17.2 Å². The molecule has 1 saturated heterocycles. The standard InChI is InChI=1S/C19H29BO4/c1-17(2,3)22-16(21)13-12-14-10-8-9-11-15(14)20-23-18(4,5)19(6,7)24-20/h8-11H,12-13H2,1-7H3. The molecule has 1 aromatic carbocycles. The zero-order chi connectivity index (χ0) is 18.2. The number of esters is 1. The fourth-order valence-electron chi connectivity index (χ4n) is 2.59. The summed E-state index contributed by atoms with van der Waals surface area (Å²) in [5.74, 6) is -0.189. The van der Waals surface area contributed by atoms with Gasteiger partial charge in [0.15, 0.2) is 0 Å². The van der Waals surface area contributed by atoms with Crippen molar-refractivity contribution in [3.63, 3.8) is 0 Å². The normalized spacial score (nSPS) is 19.4. The maximum Gasteiger partial charge on any atom is 0.495 e. The number of hydrogen-bond donors (Lipinski definition) is 0. The molecule has 1 fully saturated rings. The van der Waals surface area contributed by atoms with Gasteiger partial charge in [0, 0.05) is 6.42 Å². The van der Waals surface area contributed by atoms with E-state index in [0.717, 1.165) is 11.0 Å². The highest BCUT2D eigenvalue weighted by atomic mass is 16.7. The van der Waals surface area contributed by atoms with E-state index in [1.165, 1.54) is 0 Å². The molecular formula is C19H29BO4. The minimum atomic E-state index is -0.456. The fourth-order valence-corrected chi connectivity index (χ4v) is 2.59. The molecule has 0 bridgehead atoms. The maximum absolute atomic E-state index is 12.0. The molecule has 2 rings (SSSR count).